The van der Waals surface area contributed by atoms with Gasteiger partial charge >= 0.3 is 0 Å². The van der Waals surface area contributed by atoms with Crippen molar-refractivity contribution in [3.63, 3.8) is 0 Å². The number of aliphatic hydroxyl groups is 1. The second-order valence-corrected chi connectivity index (χ2v) is 7.23. The van der Waals surface area contributed by atoms with Crippen LogP contribution >= 0.6 is 24.0 Å². The van der Waals surface area contributed by atoms with Crippen LogP contribution in [0.15, 0.2) is 41.7 Å². The van der Waals surface area contributed by atoms with Crippen molar-refractivity contribution in [3.8, 4) is 0 Å². The van der Waals surface area contributed by atoms with Crippen LogP contribution in [-0.4, -0.2) is 52.9 Å². The van der Waals surface area contributed by atoms with E-state index in [1.807, 2.05) is 26.2 Å². The maximum absolute atomic E-state index is 10.7. The number of halogens is 1. The van der Waals surface area contributed by atoms with Crippen LogP contribution in [0.1, 0.15) is 30.5 Å². The van der Waals surface area contributed by atoms with Crippen LogP contribution in [-0.2, 0) is 25.7 Å². The molecule has 3 N–H and O–H groups in total. The molecule has 0 aliphatic rings. The standard InChI is InChI=1S/C20H32N6O.HI/c1-6-21-19(23-15-20(2,27)18-12-24-26(5)14-18)22-11-16-9-7-8-10-17(16)13-25(3)4;/h7-10,12,14,27H,6,11,13,15H2,1-5H3,(H2,21,22,23);1H. The molecule has 8 heteroatoms. The minimum absolute atomic E-state index is 0. The van der Waals surface area contributed by atoms with Crippen molar-refractivity contribution in [2.24, 2.45) is 12.0 Å². The van der Waals surface area contributed by atoms with Crippen LogP contribution in [0.4, 0.5) is 0 Å². The third-order valence-corrected chi connectivity index (χ3v) is 4.28. The summed E-state index contributed by atoms with van der Waals surface area (Å²) in [7, 11) is 5.96. The molecular formula is C20H33IN6O. The predicted octanol–water partition coefficient (Wildman–Crippen LogP) is 2.06. The number of nitrogens with one attached hydrogen (secondary N) is 2. The zero-order valence-corrected chi connectivity index (χ0v) is 19.8. The zero-order valence-electron chi connectivity index (χ0n) is 17.4. The van der Waals surface area contributed by atoms with E-state index in [1.54, 1.807) is 17.8 Å². The highest BCUT2D eigenvalue weighted by Gasteiger charge is 2.25. The maximum atomic E-state index is 10.7. The average molecular weight is 500 g/mol. The largest absolute Gasteiger partial charge is 0.383 e. The van der Waals surface area contributed by atoms with Gasteiger partial charge in [0.2, 0.25) is 0 Å². The molecule has 1 unspecified atom stereocenters. The quantitative estimate of drug-likeness (QED) is 0.294. The number of hydrogen-bond acceptors (Lipinski definition) is 4. The number of aliphatic imine (C=N–C) groups is 1. The van der Waals surface area contributed by atoms with Crippen molar-refractivity contribution in [1.82, 2.24) is 25.3 Å². The first kappa shape index (κ1) is 24.4. The Morgan fingerprint density at radius 1 is 1.25 bits per heavy atom. The fourth-order valence-electron chi connectivity index (χ4n) is 2.77. The molecule has 0 amide bonds. The first-order valence-corrected chi connectivity index (χ1v) is 9.27. The summed E-state index contributed by atoms with van der Waals surface area (Å²) in [6.45, 7) is 6.34. The van der Waals surface area contributed by atoms with Gasteiger partial charge in [-0.25, -0.2) is 4.99 Å². The lowest BCUT2D eigenvalue weighted by Crippen LogP contribution is -2.44. The molecule has 0 aliphatic heterocycles. The van der Waals surface area contributed by atoms with Gasteiger partial charge in [0.05, 0.1) is 19.3 Å². The average Bonchev–Trinajstić information content (AvgIpc) is 3.05. The molecule has 0 aliphatic carbocycles. The highest BCUT2D eigenvalue weighted by Crippen LogP contribution is 2.18. The minimum atomic E-state index is -1.03. The van der Waals surface area contributed by atoms with Crippen LogP contribution < -0.4 is 10.6 Å². The van der Waals surface area contributed by atoms with Gasteiger partial charge in [-0.3, -0.25) is 4.68 Å². The van der Waals surface area contributed by atoms with Gasteiger partial charge in [0.25, 0.3) is 0 Å². The fraction of sp³-hybridized carbons (Fsp3) is 0.500. The Kier molecular flexibility index (Phi) is 9.91. The predicted molar refractivity (Wildman–Crippen MR) is 125 cm³/mol. The van der Waals surface area contributed by atoms with E-state index in [-0.39, 0.29) is 24.0 Å². The number of hydrogen-bond donors (Lipinski definition) is 3. The van der Waals surface area contributed by atoms with Crippen LogP contribution in [0.2, 0.25) is 0 Å². The van der Waals surface area contributed by atoms with Crippen molar-refractivity contribution in [2.75, 3.05) is 27.2 Å². The first-order valence-electron chi connectivity index (χ1n) is 9.27. The smallest absolute Gasteiger partial charge is 0.191 e. The normalized spacial score (nSPS) is 13.8. The van der Waals surface area contributed by atoms with Crippen molar-refractivity contribution < 1.29 is 5.11 Å². The van der Waals surface area contributed by atoms with Crippen molar-refractivity contribution in [1.29, 1.82) is 0 Å². The second kappa shape index (κ2) is 11.4. The van der Waals surface area contributed by atoms with Crippen molar-refractivity contribution in [2.45, 2.75) is 32.5 Å². The number of benzene rings is 1. The lowest BCUT2D eigenvalue weighted by molar-refractivity contribution is 0.0616. The van der Waals surface area contributed by atoms with Crippen molar-refractivity contribution in [3.05, 3.63) is 53.3 Å². The molecule has 0 radical (unpaired) electrons. The SMILES string of the molecule is CCNC(=NCc1ccccc1CN(C)C)NCC(C)(O)c1cnn(C)c1.I. The molecule has 0 spiro atoms. The molecule has 1 atom stereocenters. The highest BCUT2D eigenvalue weighted by atomic mass is 127. The molecule has 0 saturated carbocycles. The van der Waals surface area contributed by atoms with Gasteiger partial charge in [0.1, 0.15) is 5.60 Å². The van der Waals surface area contributed by atoms with E-state index in [9.17, 15) is 5.11 Å². The molecule has 0 bridgehead atoms. The van der Waals surface area contributed by atoms with Crippen LogP contribution in [0.25, 0.3) is 0 Å². The Balaban J connectivity index is 0.00000392. The fourth-order valence-corrected chi connectivity index (χ4v) is 2.77. The molecule has 2 aromatic rings. The van der Waals surface area contributed by atoms with Gasteiger partial charge in [-0.05, 0) is 39.1 Å². The second-order valence-electron chi connectivity index (χ2n) is 7.23. The summed E-state index contributed by atoms with van der Waals surface area (Å²) in [4.78, 5) is 6.85. The van der Waals surface area contributed by atoms with E-state index in [0.717, 1.165) is 18.7 Å². The summed E-state index contributed by atoms with van der Waals surface area (Å²) >= 11 is 0. The molecule has 0 fully saturated rings. The Hall–Kier alpha value is -1.65. The van der Waals surface area contributed by atoms with Crippen LogP contribution in [0, 0.1) is 0 Å². The number of guanidine groups is 1. The molecule has 7 nitrogen and oxygen atoms in total. The van der Waals surface area contributed by atoms with Crippen molar-refractivity contribution >= 4 is 29.9 Å². The lowest BCUT2D eigenvalue weighted by atomic mass is 10.00. The summed E-state index contributed by atoms with van der Waals surface area (Å²) < 4.78 is 1.69. The van der Waals surface area contributed by atoms with Gasteiger partial charge in [-0.2, -0.15) is 5.10 Å². The summed E-state index contributed by atoms with van der Waals surface area (Å²) in [5, 5.41) is 21.4. The van der Waals surface area contributed by atoms with Crippen LogP contribution in [0.5, 0.6) is 0 Å². The van der Waals surface area contributed by atoms with E-state index in [0.29, 0.717) is 19.0 Å². The summed E-state index contributed by atoms with van der Waals surface area (Å²) in [5.74, 6) is 0.682. The van der Waals surface area contributed by atoms with E-state index >= 15 is 0 Å². The third kappa shape index (κ3) is 7.40. The lowest BCUT2D eigenvalue weighted by Gasteiger charge is -2.23. The first-order chi connectivity index (χ1) is 12.8. The van der Waals surface area contributed by atoms with Gasteiger partial charge in [0.15, 0.2) is 5.96 Å². The summed E-state index contributed by atoms with van der Waals surface area (Å²) in [6, 6.07) is 8.34. The van der Waals surface area contributed by atoms with E-state index in [1.165, 1.54) is 11.1 Å². The molecular weight excluding hydrogens is 467 g/mol. The van der Waals surface area contributed by atoms with Crippen LogP contribution in [0.3, 0.4) is 0 Å². The van der Waals surface area contributed by atoms with Gasteiger partial charge in [-0.1, -0.05) is 24.3 Å². The third-order valence-electron chi connectivity index (χ3n) is 4.28. The topological polar surface area (TPSA) is 77.7 Å². The molecule has 1 aromatic carbocycles. The van der Waals surface area contributed by atoms with E-state index < -0.39 is 5.60 Å². The number of nitrogens with zero attached hydrogens (tertiary/aromatic N) is 4. The molecule has 28 heavy (non-hydrogen) atoms. The number of rotatable bonds is 8. The van der Waals surface area contributed by atoms with E-state index in [4.69, 9.17) is 4.99 Å². The van der Waals surface area contributed by atoms with Gasteiger partial charge < -0.3 is 20.6 Å². The monoisotopic (exact) mass is 500 g/mol. The number of aromatic nitrogens is 2. The molecule has 156 valence electrons. The molecule has 2 rings (SSSR count). The maximum Gasteiger partial charge on any atom is 0.191 e. The Morgan fingerprint density at radius 2 is 1.93 bits per heavy atom. The number of aryl methyl sites for hydroxylation is 1. The minimum Gasteiger partial charge on any atom is -0.383 e. The zero-order chi connectivity index (χ0) is 19.9. The Morgan fingerprint density at radius 3 is 2.50 bits per heavy atom. The Bertz CT molecular complexity index is 757. The molecule has 1 aromatic heterocycles. The van der Waals surface area contributed by atoms with Gasteiger partial charge in [0, 0.05) is 31.9 Å². The van der Waals surface area contributed by atoms with Gasteiger partial charge in [-0.15, -0.1) is 24.0 Å². The van der Waals surface area contributed by atoms with E-state index in [2.05, 4.69) is 52.9 Å². The highest BCUT2D eigenvalue weighted by molar-refractivity contribution is 14.0. The Labute approximate surface area is 185 Å². The summed E-state index contributed by atoms with van der Waals surface area (Å²) in [5.41, 5.74) is 2.20. The summed E-state index contributed by atoms with van der Waals surface area (Å²) in [6.07, 6.45) is 3.51. The molecule has 1 heterocycles. The molecule has 0 saturated heterocycles.